The van der Waals surface area contributed by atoms with Gasteiger partial charge < -0.3 is 40.0 Å². The van der Waals surface area contributed by atoms with E-state index in [0.717, 1.165) is 73.6 Å². The van der Waals surface area contributed by atoms with Crippen LogP contribution in [0.3, 0.4) is 0 Å². The van der Waals surface area contributed by atoms with Gasteiger partial charge in [0.15, 0.2) is 0 Å². The molecule has 2 heterocycles. The van der Waals surface area contributed by atoms with Crippen molar-refractivity contribution >= 4 is 40.7 Å². The van der Waals surface area contributed by atoms with Crippen molar-refractivity contribution in [3.63, 3.8) is 0 Å². The summed E-state index contributed by atoms with van der Waals surface area (Å²) >= 11 is 3.11. The number of hydrogen-bond acceptors (Lipinski definition) is 10. The Hall–Kier alpha value is -4.42. The number of carbonyl (C=O) groups is 2. The summed E-state index contributed by atoms with van der Waals surface area (Å²) in [6.45, 7) is 19.9. The van der Waals surface area contributed by atoms with Crippen LogP contribution in [0.4, 0.5) is 18.4 Å². The first-order valence-corrected chi connectivity index (χ1v) is 22.5. The Bertz CT molecular complexity index is 2100. The molecule has 2 fully saturated rings. The van der Waals surface area contributed by atoms with Crippen molar-refractivity contribution in [2.75, 3.05) is 66.5 Å². The van der Waals surface area contributed by atoms with E-state index < -0.39 is 18.3 Å². The van der Waals surface area contributed by atoms with E-state index in [1.807, 2.05) is 92.0 Å². The first-order chi connectivity index (χ1) is 30.2. The molecule has 4 aromatic carbocycles. The normalized spacial score (nSPS) is 14.8. The van der Waals surface area contributed by atoms with Crippen LogP contribution in [0.15, 0.2) is 89.4 Å². The van der Waals surface area contributed by atoms with Gasteiger partial charge in [0.1, 0.15) is 22.8 Å². The SMILES string of the molecule is CC(C)(C)OC(=O)N1CCN(Cc2cccc(B(O)O)c2)CC1.CNCc1ccc(F)c(-c2cccc(CN3CCN(C(=O)OC(C)(C)C)CC3)c2)c1.CNCc1ccc(F)c(Br)c1. The fraction of sp³-hybridized carbons (Fsp3) is 0.458. The number of nitrogens with one attached hydrogen (secondary N) is 2. The molecule has 0 saturated carbocycles. The quantitative estimate of drug-likeness (QED) is 0.124. The van der Waals surface area contributed by atoms with Crippen LogP contribution in [0.25, 0.3) is 11.1 Å². The molecular formula is C48H66BBrF2N6O6. The molecule has 2 saturated heterocycles. The molecule has 0 unspecified atom stereocenters. The average molecular weight is 952 g/mol. The number of hydrogen-bond donors (Lipinski definition) is 4. The van der Waals surface area contributed by atoms with Crippen molar-refractivity contribution in [3.8, 4) is 11.1 Å². The monoisotopic (exact) mass is 950 g/mol. The van der Waals surface area contributed by atoms with Crippen LogP contribution in [0.5, 0.6) is 0 Å². The van der Waals surface area contributed by atoms with Gasteiger partial charge in [-0.05, 0) is 135 Å². The Morgan fingerprint density at radius 3 is 1.53 bits per heavy atom. The van der Waals surface area contributed by atoms with Crippen molar-refractivity contribution in [2.24, 2.45) is 0 Å². The van der Waals surface area contributed by atoms with E-state index >= 15 is 0 Å². The van der Waals surface area contributed by atoms with Crippen molar-refractivity contribution in [2.45, 2.75) is 78.9 Å². The van der Waals surface area contributed by atoms with E-state index in [-0.39, 0.29) is 23.8 Å². The zero-order valence-electron chi connectivity index (χ0n) is 38.6. The summed E-state index contributed by atoms with van der Waals surface area (Å²) in [6, 6.07) is 25.6. The topological polar surface area (TPSA) is 130 Å². The maximum Gasteiger partial charge on any atom is 0.488 e. The maximum absolute atomic E-state index is 14.4. The molecule has 6 rings (SSSR count). The van der Waals surface area contributed by atoms with Crippen molar-refractivity contribution in [3.05, 3.63) is 123 Å². The number of carbonyl (C=O) groups excluding carboxylic acids is 2. The molecule has 2 aliphatic heterocycles. The Labute approximate surface area is 387 Å². The highest BCUT2D eigenvalue weighted by atomic mass is 79.9. The van der Waals surface area contributed by atoms with Crippen LogP contribution in [0.2, 0.25) is 0 Å². The lowest BCUT2D eigenvalue weighted by atomic mass is 9.79. The molecule has 0 atom stereocenters. The summed E-state index contributed by atoms with van der Waals surface area (Å²) in [5.74, 6) is -0.428. The van der Waals surface area contributed by atoms with Gasteiger partial charge in [0.05, 0.1) is 4.47 Å². The third-order valence-electron chi connectivity index (χ3n) is 10.1. The number of piperazine rings is 2. The highest BCUT2D eigenvalue weighted by Crippen LogP contribution is 2.26. The first-order valence-electron chi connectivity index (χ1n) is 21.7. The molecule has 0 spiro atoms. The Morgan fingerprint density at radius 1 is 0.625 bits per heavy atom. The number of rotatable bonds is 10. The van der Waals surface area contributed by atoms with Gasteiger partial charge in [0.25, 0.3) is 0 Å². The summed E-state index contributed by atoms with van der Waals surface area (Å²) in [5.41, 5.74) is 5.34. The Kier molecular flexibility index (Phi) is 20.2. The Balaban J connectivity index is 0.000000232. The third kappa shape index (κ3) is 17.9. The molecule has 0 aliphatic carbocycles. The summed E-state index contributed by atoms with van der Waals surface area (Å²) < 4.78 is 38.5. The highest BCUT2D eigenvalue weighted by Gasteiger charge is 2.27. The van der Waals surface area contributed by atoms with Crippen LogP contribution in [-0.4, -0.2) is 127 Å². The van der Waals surface area contributed by atoms with Gasteiger partial charge in [-0.3, -0.25) is 9.80 Å². The number of ether oxygens (including phenoxy) is 2. The number of amides is 2. The lowest BCUT2D eigenvalue weighted by Crippen LogP contribution is -2.49. The van der Waals surface area contributed by atoms with Crippen LogP contribution in [-0.2, 0) is 35.7 Å². The van der Waals surface area contributed by atoms with Crippen molar-refractivity contribution < 1.29 is 37.9 Å². The fourth-order valence-electron chi connectivity index (χ4n) is 7.00. The van der Waals surface area contributed by atoms with Crippen molar-refractivity contribution in [1.82, 2.24) is 30.2 Å². The minimum Gasteiger partial charge on any atom is -0.444 e. The predicted molar refractivity (Wildman–Crippen MR) is 254 cm³/mol. The molecule has 64 heavy (non-hydrogen) atoms. The molecule has 0 radical (unpaired) electrons. The molecule has 0 bridgehead atoms. The molecule has 348 valence electrons. The van der Waals surface area contributed by atoms with E-state index in [9.17, 15) is 28.4 Å². The van der Waals surface area contributed by atoms with Crippen LogP contribution < -0.4 is 16.1 Å². The standard InChI is InChI=1S/C24H32FN3O2.C16H25BN2O4.C8H9BrFN/c1-24(2,3)30-23(29)28-12-10-27(11-13-28)17-19-6-5-7-20(14-19)21-15-18(16-26-4)8-9-22(21)25;1-16(2,3)23-15(20)19-9-7-18(8-10-19)12-13-5-4-6-14(11-13)17(21)22;1-11-5-6-2-3-8(10)7(9)4-6/h5-9,14-15,26H,10-13,16-17H2,1-4H3;4-6,11,21-22H,7-10,12H2,1-3H3;2-4,11H,5H2,1H3. The van der Waals surface area contributed by atoms with E-state index in [0.29, 0.717) is 48.2 Å². The summed E-state index contributed by atoms with van der Waals surface area (Å²) in [5, 5.41) is 24.5. The van der Waals surface area contributed by atoms with E-state index in [2.05, 4.69) is 48.5 Å². The maximum atomic E-state index is 14.4. The summed E-state index contributed by atoms with van der Waals surface area (Å²) in [4.78, 5) is 32.3. The average Bonchev–Trinajstić information content (AvgIpc) is 3.23. The molecule has 2 aliphatic rings. The molecule has 0 aromatic heterocycles. The van der Waals surface area contributed by atoms with Gasteiger partial charge >= 0.3 is 19.3 Å². The zero-order valence-corrected chi connectivity index (χ0v) is 40.2. The Morgan fingerprint density at radius 2 is 1.08 bits per heavy atom. The minimum absolute atomic E-state index is 0.210. The van der Waals surface area contributed by atoms with E-state index in [1.54, 1.807) is 34.1 Å². The van der Waals surface area contributed by atoms with Gasteiger partial charge in [0, 0.05) is 84.1 Å². The first kappa shape index (κ1) is 52.2. The number of benzene rings is 4. The van der Waals surface area contributed by atoms with Gasteiger partial charge in [-0.2, -0.15) is 0 Å². The fourth-order valence-corrected chi connectivity index (χ4v) is 7.42. The second kappa shape index (κ2) is 24.8. The second-order valence-electron chi connectivity index (χ2n) is 17.9. The van der Waals surface area contributed by atoms with Gasteiger partial charge in [-0.1, -0.05) is 54.6 Å². The van der Waals surface area contributed by atoms with Gasteiger partial charge in [0.2, 0.25) is 0 Å². The molecule has 4 aromatic rings. The van der Waals surface area contributed by atoms with Crippen LogP contribution in [0, 0.1) is 11.6 Å². The molecule has 16 heteroatoms. The van der Waals surface area contributed by atoms with Crippen LogP contribution >= 0.6 is 15.9 Å². The molecule has 4 N–H and O–H groups in total. The smallest absolute Gasteiger partial charge is 0.444 e. The van der Waals surface area contributed by atoms with Crippen molar-refractivity contribution in [1.29, 1.82) is 0 Å². The molecule has 2 amide bonds. The van der Waals surface area contributed by atoms with E-state index in [1.165, 1.54) is 12.1 Å². The highest BCUT2D eigenvalue weighted by molar-refractivity contribution is 9.10. The molecule has 12 nitrogen and oxygen atoms in total. The zero-order chi connectivity index (χ0) is 47.0. The largest absolute Gasteiger partial charge is 0.488 e. The molecular weight excluding hydrogens is 885 g/mol. The summed E-state index contributed by atoms with van der Waals surface area (Å²) in [6.07, 6.45) is -0.511. The van der Waals surface area contributed by atoms with Gasteiger partial charge in [-0.15, -0.1) is 0 Å². The minimum atomic E-state index is -1.45. The predicted octanol–water partition coefficient (Wildman–Crippen LogP) is 6.99. The van der Waals surface area contributed by atoms with E-state index in [4.69, 9.17) is 9.47 Å². The third-order valence-corrected chi connectivity index (χ3v) is 10.7. The van der Waals surface area contributed by atoms with Gasteiger partial charge in [-0.25, -0.2) is 18.4 Å². The second-order valence-corrected chi connectivity index (χ2v) is 18.8. The lowest BCUT2D eigenvalue weighted by Gasteiger charge is -2.35. The lowest BCUT2D eigenvalue weighted by molar-refractivity contribution is 0.0129. The summed E-state index contributed by atoms with van der Waals surface area (Å²) in [7, 11) is 2.29. The number of nitrogens with zero attached hydrogens (tertiary/aromatic N) is 4. The van der Waals surface area contributed by atoms with Crippen LogP contribution in [0.1, 0.15) is 63.8 Å². The number of halogens is 3.